The van der Waals surface area contributed by atoms with E-state index in [0.717, 1.165) is 11.6 Å². The van der Waals surface area contributed by atoms with Gasteiger partial charge in [-0.3, -0.25) is 0 Å². The number of carboxylic acid groups (broad SMARTS) is 2. The molecular weight excluding hydrogens is 256 g/mol. The second-order valence-corrected chi connectivity index (χ2v) is 3.75. The number of hydrogen-bond donors (Lipinski definition) is 2. The summed E-state index contributed by atoms with van der Waals surface area (Å²) >= 11 is 0. The molecule has 0 saturated heterocycles. The monoisotopic (exact) mass is 270 g/mol. The van der Waals surface area contributed by atoms with Crippen LogP contribution in [0.25, 0.3) is 6.08 Å². The predicted molar refractivity (Wildman–Crippen MR) is 76.5 cm³/mol. The van der Waals surface area contributed by atoms with Crippen molar-refractivity contribution in [3.63, 3.8) is 0 Å². The highest BCUT2D eigenvalue weighted by Crippen LogP contribution is 2.00. The summed E-state index contributed by atoms with van der Waals surface area (Å²) in [6.45, 7) is 0. The molecule has 0 radical (unpaired) electrons. The van der Waals surface area contributed by atoms with Crippen LogP contribution in [0, 0.1) is 0 Å². The lowest BCUT2D eigenvalue weighted by atomic mass is 10.2. The topological polar surface area (TPSA) is 74.6 Å². The Morgan fingerprint density at radius 2 is 1.30 bits per heavy atom. The van der Waals surface area contributed by atoms with E-state index in [-0.39, 0.29) is 0 Å². The van der Waals surface area contributed by atoms with E-state index >= 15 is 0 Å². The van der Waals surface area contributed by atoms with Crippen LogP contribution >= 0.6 is 0 Å². The van der Waals surface area contributed by atoms with Gasteiger partial charge in [0, 0.05) is 6.08 Å². The zero-order chi connectivity index (χ0) is 14.8. The molecule has 4 heteroatoms. The highest BCUT2D eigenvalue weighted by Gasteiger charge is 1.96. The van der Waals surface area contributed by atoms with Crippen molar-refractivity contribution in [2.45, 2.75) is 0 Å². The van der Waals surface area contributed by atoms with Gasteiger partial charge in [0.25, 0.3) is 0 Å². The summed E-state index contributed by atoms with van der Waals surface area (Å²) in [7, 11) is 0. The first-order chi connectivity index (χ1) is 9.59. The number of aromatic carboxylic acids is 1. The van der Waals surface area contributed by atoms with Gasteiger partial charge >= 0.3 is 11.9 Å². The predicted octanol–water partition coefficient (Wildman–Crippen LogP) is 3.17. The fourth-order valence-electron chi connectivity index (χ4n) is 1.31. The van der Waals surface area contributed by atoms with Gasteiger partial charge in [-0.05, 0) is 23.8 Å². The van der Waals surface area contributed by atoms with Crippen LogP contribution < -0.4 is 0 Å². The van der Waals surface area contributed by atoms with Crippen LogP contribution in [-0.2, 0) is 4.79 Å². The van der Waals surface area contributed by atoms with Gasteiger partial charge in [-0.1, -0.05) is 48.5 Å². The summed E-state index contributed by atoms with van der Waals surface area (Å²) < 4.78 is 0. The molecular formula is C16H14O4. The Kier molecular flexibility index (Phi) is 6.27. The molecule has 0 saturated carbocycles. The van der Waals surface area contributed by atoms with Crippen molar-refractivity contribution >= 4 is 18.0 Å². The lowest BCUT2D eigenvalue weighted by molar-refractivity contribution is -0.131. The van der Waals surface area contributed by atoms with E-state index in [1.165, 1.54) is 0 Å². The summed E-state index contributed by atoms with van der Waals surface area (Å²) in [6.07, 6.45) is 2.68. The second-order valence-electron chi connectivity index (χ2n) is 3.75. The van der Waals surface area contributed by atoms with Gasteiger partial charge in [-0.2, -0.15) is 0 Å². The number of hydrogen-bond acceptors (Lipinski definition) is 2. The average Bonchev–Trinajstić information content (AvgIpc) is 2.48. The summed E-state index contributed by atoms with van der Waals surface area (Å²) in [5, 5.41) is 16.7. The molecule has 2 aromatic carbocycles. The van der Waals surface area contributed by atoms with Crippen LogP contribution in [0.1, 0.15) is 15.9 Å². The van der Waals surface area contributed by atoms with E-state index in [9.17, 15) is 9.59 Å². The van der Waals surface area contributed by atoms with E-state index < -0.39 is 11.9 Å². The fourth-order valence-corrected chi connectivity index (χ4v) is 1.31. The van der Waals surface area contributed by atoms with Gasteiger partial charge in [0.1, 0.15) is 0 Å². The smallest absolute Gasteiger partial charge is 0.335 e. The number of carboxylic acids is 2. The maximum Gasteiger partial charge on any atom is 0.335 e. The maximum atomic E-state index is 10.2. The van der Waals surface area contributed by atoms with Gasteiger partial charge < -0.3 is 10.2 Å². The Morgan fingerprint density at radius 3 is 1.70 bits per heavy atom. The van der Waals surface area contributed by atoms with Gasteiger partial charge in [0.2, 0.25) is 0 Å². The van der Waals surface area contributed by atoms with E-state index in [0.29, 0.717) is 5.56 Å². The number of aliphatic carboxylic acids is 1. The van der Waals surface area contributed by atoms with Crippen molar-refractivity contribution < 1.29 is 19.8 Å². The maximum absolute atomic E-state index is 10.2. The molecule has 0 aliphatic carbocycles. The van der Waals surface area contributed by atoms with Crippen molar-refractivity contribution in [2.75, 3.05) is 0 Å². The van der Waals surface area contributed by atoms with Crippen molar-refractivity contribution in [1.29, 1.82) is 0 Å². The molecule has 2 aromatic rings. The van der Waals surface area contributed by atoms with Gasteiger partial charge in [-0.25, -0.2) is 9.59 Å². The van der Waals surface area contributed by atoms with E-state index in [4.69, 9.17) is 10.2 Å². The highest BCUT2D eigenvalue weighted by molar-refractivity contribution is 5.87. The third kappa shape index (κ3) is 6.16. The van der Waals surface area contributed by atoms with Gasteiger partial charge in [0.05, 0.1) is 5.56 Å². The molecule has 0 aliphatic heterocycles. The Labute approximate surface area is 116 Å². The van der Waals surface area contributed by atoms with Crippen molar-refractivity contribution in [2.24, 2.45) is 0 Å². The van der Waals surface area contributed by atoms with Crippen LogP contribution in [0.4, 0.5) is 0 Å². The normalized spacial score (nSPS) is 9.60. The van der Waals surface area contributed by atoms with Crippen LogP contribution in [0.2, 0.25) is 0 Å². The molecule has 20 heavy (non-hydrogen) atoms. The molecule has 4 nitrogen and oxygen atoms in total. The van der Waals surface area contributed by atoms with Crippen molar-refractivity contribution in [3.8, 4) is 0 Å². The quantitative estimate of drug-likeness (QED) is 0.840. The first-order valence-electron chi connectivity index (χ1n) is 5.84. The number of benzene rings is 2. The molecule has 0 unspecified atom stereocenters. The van der Waals surface area contributed by atoms with Crippen molar-refractivity contribution in [1.82, 2.24) is 0 Å². The third-order valence-electron chi connectivity index (χ3n) is 2.24. The van der Waals surface area contributed by atoms with E-state index in [1.54, 1.807) is 36.4 Å². The Hall–Kier alpha value is -2.88. The SMILES string of the molecule is O=C(O)/C=C/c1ccccc1.O=C(O)c1ccccc1. The van der Waals surface area contributed by atoms with Gasteiger partial charge in [-0.15, -0.1) is 0 Å². The van der Waals surface area contributed by atoms with Crippen molar-refractivity contribution in [3.05, 3.63) is 77.9 Å². The molecule has 0 fully saturated rings. The largest absolute Gasteiger partial charge is 0.478 e. The Balaban J connectivity index is 0.000000204. The molecule has 0 aliphatic rings. The molecule has 0 bridgehead atoms. The minimum Gasteiger partial charge on any atom is -0.478 e. The number of rotatable bonds is 3. The second kappa shape index (κ2) is 8.26. The molecule has 2 N–H and O–H groups in total. The lowest BCUT2D eigenvalue weighted by Gasteiger charge is -1.88. The minimum absolute atomic E-state index is 0.331. The third-order valence-corrected chi connectivity index (χ3v) is 2.24. The van der Waals surface area contributed by atoms with Crippen LogP contribution in [0.3, 0.4) is 0 Å². The average molecular weight is 270 g/mol. The lowest BCUT2D eigenvalue weighted by Crippen LogP contribution is -1.93. The first-order valence-corrected chi connectivity index (χ1v) is 5.84. The fraction of sp³-hybridized carbons (Fsp3) is 0. The summed E-state index contributed by atoms with van der Waals surface area (Å²) in [5.41, 5.74) is 1.23. The Bertz CT molecular complexity index is 574. The van der Waals surface area contributed by atoms with Gasteiger partial charge in [0.15, 0.2) is 0 Å². The molecule has 102 valence electrons. The minimum atomic E-state index is -0.922. The first kappa shape index (κ1) is 15.2. The number of carbonyl (C=O) groups is 2. The summed E-state index contributed by atoms with van der Waals surface area (Å²) in [5.74, 6) is -1.80. The highest BCUT2D eigenvalue weighted by atomic mass is 16.4. The molecule has 2 rings (SSSR count). The molecule has 0 heterocycles. The molecule has 0 amide bonds. The van der Waals surface area contributed by atoms with E-state index in [2.05, 4.69) is 0 Å². The van der Waals surface area contributed by atoms with Crippen LogP contribution in [-0.4, -0.2) is 22.2 Å². The molecule has 0 spiro atoms. The molecule has 0 atom stereocenters. The summed E-state index contributed by atoms with van der Waals surface area (Å²) in [6, 6.07) is 17.6. The molecule has 0 aromatic heterocycles. The Morgan fingerprint density at radius 1 is 0.800 bits per heavy atom. The zero-order valence-electron chi connectivity index (χ0n) is 10.6. The van der Waals surface area contributed by atoms with E-state index in [1.807, 2.05) is 30.3 Å². The van der Waals surface area contributed by atoms with Crippen LogP contribution in [0.5, 0.6) is 0 Å². The standard InChI is InChI=1S/C9H8O2.C7H6O2/c10-9(11)7-6-8-4-2-1-3-5-8;8-7(9)6-4-2-1-3-5-6/h1-7H,(H,10,11);1-5H,(H,8,9)/b7-6+;. The zero-order valence-corrected chi connectivity index (χ0v) is 10.6. The summed E-state index contributed by atoms with van der Waals surface area (Å²) in [4.78, 5) is 20.3. The van der Waals surface area contributed by atoms with Crippen LogP contribution in [0.15, 0.2) is 66.7 Å².